The van der Waals surface area contributed by atoms with Crippen molar-refractivity contribution >= 4 is 23.6 Å². The molecule has 2 N–H and O–H groups in total. The first-order valence-corrected chi connectivity index (χ1v) is 12.1. The number of nitrogens with one attached hydrogen (secondary N) is 2. The molecular formula is C32H26N4. The van der Waals surface area contributed by atoms with Gasteiger partial charge in [0.1, 0.15) is 0 Å². The number of hydrogen-bond donors (Lipinski definition) is 2. The molecule has 0 radical (unpaired) electrons. The van der Waals surface area contributed by atoms with Crippen LogP contribution in [-0.2, 0) is 0 Å². The molecule has 0 saturated heterocycles. The minimum atomic E-state index is 0.955. The Morgan fingerprint density at radius 1 is 0.528 bits per heavy atom. The van der Waals surface area contributed by atoms with Crippen LogP contribution in [0.2, 0.25) is 0 Å². The van der Waals surface area contributed by atoms with Gasteiger partial charge in [-0.05, 0) is 73.5 Å². The van der Waals surface area contributed by atoms with Crippen molar-refractivity contribution in [2.24, 2.45) is 9.98 Å². The van der Waals surface area contributed by atoms with Crippen LogP contribution in [0.4, 0.5) is 0 Å². The molecular weight excluding hydrogens is 440 g/mol. The van der Waals surface area contributed by atoms with Gasteiger partial charge < -0.3 is 9.97 Å². The van der Waals surface area contributed by atoms with Crippen LogP contribution in [0.5, 0.6) is 0 Å². The number of allylic oxidation sites excluding steroid dienone is 4. The Kier molecular flexibility index (Phi) is 5.55. The van der Waals surface area contributed by atoms with E-state index >= 15 is 0 Å². The van der Waals surface area contributed by atoms with Crippen molar-refractivity contribution in [3.63, 3.8) is 0 Å². The Labute approximate surface area is 210 Å². The van der Waals surface area contributed by atoms with E-state index in [1.165, 1.54) is 11.1 Å². The summed E-state index contributed by atoms with van der Waals surface area (Å²) in [6.07, 6.45) is 11.7. The highest BCUT2D eigenvalue weighted by molar-refractivity contribution is 5.90. The Bertz CT molecular complexity index is 1460. The lowest BCUT2D eigenvalue weighted by Gasteiger charge is -2.10. The third kappa shape index (κ3) is 4.14. The fourth-order valence-electron chi connectivity index (χ4n) is 4.62. The molecule has 2 aromatic heterocycles. The van der Waals surface area contributed by atoms with Crippen molar-refractivity contribution in [1.29, 1.82) is 0 Å². The van der Waals surface area contributed by atoms with Gasteiger partial charge in [0.25, 0.3) is 0 Å². The molecule has 6 rings (SSSR count). The molecule has 4 nitrogen and oxygen atoms in total. The van der Waals surface area contributed by atoms with E-state index in [1.807, 2.05) is 24.6 Å². The predicted octanol–water partition coefficient (Wildman–Crippen LogP) is 7.43. The van der Waals surface area contributed by atoms with Crippen LogP contribution in [0.15, 0.2) is 118 Å². The van der Waals surface area contributed by atoms with Gasteiger partial charge in [-0.2, -0.15) is 0 Å². The lowest BCUT2D eigenvalue weighted by molar-refractivity contribution is 1.26. The summed E-state index contributed by atoms with van der Waals surface area (Å²) in [7, 11) is 0. The second-order valence-electron chi connectivity index (χ2n) is 9.10. The van der Waals surface area contributed by atoms with Gasteiger partial charge in [-0.3, -0.25) is 9.98 Å². The topological polar surface area (TPSA) is 56.3 Å². The van der Waals surface area contributed by atoms with Gasteiger partial charge in [0.05, 0.1) is 22.8 Å². The lowest BCUT2D eigenvalue weighted by atomic mass is 9.99. The van der Waals surface area contributed by atoms with E-state index < -0.39 is 0 Å². The van der Waals surface area contributed by atoms with E-state index in [4.69, 9.17) is 0 Å². The van der Waals surface area contributed by atoms with Crippen LogP contribution in [0.25, 0.3) is 22.5 Å². The summed E-state index contributed by atoms with van der Waals surface area (Å²) in [4.78, 5) is 16.5. The van der Waals surface area contributed by atoms with Crippen molar-refractivity contribution in [3.05, 3.63) is 142 Å². The molecule has 4 aromatic rings. The maximum Gasteiger partial charge on any atom is 0.0729 e. The van der Waals surface area contributed by atoms with Gasteiger partial charge in [0.15, 0.2) is 0 Å². The summed E-state index contributed by atoms with van der Waals surface area (Å²) in [6, 6.07) is 25.7. The molecule has 2 aliphatic rings. The molecule has 4 heteroatoms. The molecule has 2 aliphatic heterocycles. The summed E-state index contributed by atoms with van der Waals surface area (Å²) < 4.78 is 0. The summed E-state index contributed by atoms with van der Waals surface area (Å²) in [5.41, 5.74) is 12.9. The molecule has 0 atom stereocenters. The molecule has 0 unspecified atom stereocenters. The molecule has 0 saturated carbocycles. The van der Waals surface area contributed by atoms with Gasteiger partial charge in [0, 0.05) is 35.0 Å². The van der Waals surface area contributed by atoms with Crippen molar-refractivity contribution in [1.82, 2.24) is 9.97 Å². The summed E-state index contributed by atoms with van der Waals surface area (Å²) in [6.45, 7) is 4.21. The Morgan fingerprint density at radius 2 is 0.944 bits per heavy atom. The Hall–Kier alpha value is -4.70. The number of nitrogens with zero attached hydrogens (tertiary/aromatic N) is 2. The molecule has 4 heterocycles. The quantitative estimate of drug-likeness (QED) is 0.307. The smallest absolute Gasteiger partial charge is 0.0729 e. The van der Waals surface area contributed by atoms with Crippen LogP contribution < -0.4 is 0 Å². The number of aliphatic imine (C=N–C) groups is 2. The highest BCUT2D eigenvalue weighted by atomic mass is 14.8. The number of benzene rings is 2. The standard InChI is InChI=1S/C32H26N4/c1-21-7-11-23(12-8-21)31(27-5-3-19-33-27)29-17-15-25(35-29)26-16-18-30(36-26)32(28-6-4-20-34-28)24-13-9-22(2)10-14-24/h3-20,35-36H,1-2H3/b31-27-,32-28+. The molecule has 36 heavy (non-hydrogen) atoms. The second-order valence-corrected chi connectivity index (χ2v) is 9.10. The third-order valence-corrected chi connectivity index (χ3v) is 6.50. The summed E-state index contributed by atoms with van der Waals surface area (Å²) in [5.74, 6) is 0. The minimum Gasteiger partial charge on any atom is -0.353 e. The van der Waals surface area contributed by atoms with Crippen LogP contribution in [-0.4, -0.2) is 22.4 Å². The molecule has 0 bridgehead atoms. The normalized spacial score (nSPS) is 16.8. The van der Waals surface area contributed by atoms with E-state index in [1.54, 1.807) is 0 Å². The zero-order chi connectivity index (χ0) is 24.5. The second kappa shape index (κ2) is 9.16. The molecule has 174 valence electrons. The van der Waals surface area contributed by atoms with E-state index in [9.17, 15) is 0 Å². The lowest BCUT2D eigenvalue weighted by Crippen LogP contribution is -1.93. The van der Waals surface area contributed by atoms with Crippen molar-refractivity contribution in [2.45, 2.75) is 13.8 Å². The van der Waals surface area contributed by atoms with E-state index in [0.717, 1.165) is 56.4 Å². The predicted molar refractivity (Wildman–Crippen MR) is 150 cm³/mol. The minimum absolute atomic E-state index is 0.955. The fraction of sp³-hybridized carbons (Fsp3) is 0.0625. The van der Waals surface area contributed by atoms with Crippen LogP contribution >= 0.6 is 0 Å². The maximum absolute atomic E-state index is 4.59. The van der Waals surface area contributed by atoms with Crippen LogP contribution in [0, 0.1) is 13.8 Å². The van der Waals surface area contributed by atoms with Crippen molar-refractivity contribution in [2.75, 3.05) is 0 Å². The Balaban J connectivity index is 1.39. The van der Waals surface area contributed by atoms with Gasteiger partial charge in [-0.15, -0.1) is 0 Å². The maximum atomic E-state index is 4.59. The molecule has 0 amide bonds. The number of rotatable bonds is 5. The third-order valence-electron chi connectivity index (χ3n) is 6.50. The zero-order valence-electron chi connectivity index (χ0n) is 20.3. The highest BCUT2D eigenvalue weighted by Gasteiger charge is 2.17. The molecule has 2 aromatic carbocycles. The average molecular weight is 467 g/mol. The van der Waals surface area contributed by atoms with Gasteiger partial charge in [0.2, 0.25) is 0 Å². The van der Waals surface area contributed by atoms with Crippen LogP contribution in [0.3, 0.4) is 0 Å². The first-order valence-electron chi connectivity index (χ1n) is 12.1. The van der Waals surface area contributed by atoms with Gasteiger partial charge >= 0.3 is 0 Å². The summed E-state index contributed by atoms with van der Waals surface area (Å²) in [5, 5.41) is 0. The molecule has 0 aliphatic carbocycles. The van der Waals surface area contributed by atoms with Crippen molar-refractivity contribution in [3.8, 4) is 11.4 Å². The highest BCUT2D eigenvalue weighted by Crippen LogP contribution is 2.33. The summed E-state index contributed by atoms with van der Waals surface area (Å²) >= 11 is 0. The largest absolute Gasteiger partial charge is 0.353 e. The number of aromatic nitrogens is 2. The molecule has 0 spiro atoms. The number of H-pyrrole nitrogens is 2. The van der Waals surface area contributed by atoms with E-state index in [-0.39, 0.29) is 0 Å². The van der Waals surface area contributed by atoms with Gasteiger partial charge in [-0.1, -0.05) is 59.7 Å². The van der Waals surface area contributed by atoms with E-state index in [0.29, 0.717) is 0 Å². The SMILES string of the molecule is Cc1ccc(/C(=C2\C=CC=N2)c2ccc(-c3ccc(/C(=C4\C=CC=N4)c4ccc(C)cc4)[nH]3)[nH]2)cc1. The monoisotopic (exact) mass is 466 g/mol. The zero-order valence-corrected chi connectivity index (χ0v) is 20.3. The molecule has 0 fully saturated rings. The Morgan fingerprint density at radius 3 is 1.31 bits per heavy atom. The van der Waals surface area contributed by atoms with E-state index in [2.05, 4.69) is 119 Å². The number of aryl methyl sites for hydroxylation is 2. The van der Waals surface area contributed by atoms with Gasteiger partial charge in [-0.25, -0.2) is 0 Å². The first kappa shape index (κ1) is 21.8. The average Bonchev–Trinajstić information content (AvgIpc) is 3.70. The first-order chi connectivity index (χ1) is 17.7. The number of aromatic amines is 2. The van der Waals surface area contributed by atoms with Crippen LogP contribution in [0.1, 0.15) is 33.6 Å². The fourth-order valence-corrected chi connectivity index (χ4v) is 4.62. The van der Waals surface area contributed by atoms with Crippen molar-refractivity contribution < 1.29 is 0 Å². The number of hydrogen-bond acceptors (Lipinski definition) is 2.